The third-order valence-electron chi connectivity index (χ3n) is 4.34. The lowest BCUT2D eigenvalue weighted by Gasteiger charge is -2.22. The quantitative estimate of drug-likeness (QED) is 0.469. The van der Waals surface area contributed by atoms with E-state index in [1.54, 1.807) is 12.1 Å². The molecule has 2 atom stereocenters. The molecule has 0 saturated carbocycles. The van der Waals surface area contributed by atoms with Crippen LogP contribution in [0, 0.1) is 11.8 Å². The Balaban J connectivity index is 2.12. The molecular weight excluding hydrogens is 440 g/mol. The van der Waals surface area contributed by atoms with Crippen molar-refractivity contribution in [3.63, 3.8) is 0 Å². The fraction of sp³-hybridized carbons (Fsp3) is 0.333. The first-order chi connectivity index (χ1) is 11.2. The predicted molar refractivity (Wildman–Crippen MR) is 101 cm³/mol. The van der Waals surface area contributed by atoms with Crippen LogP contribution in [0.5, 0.6) is 23.0 Å². The van der Waals surface area contributed by atoms with Gasteiger partial charge >= 0.3 is 0 Å². The molecule has 2 aromatic carbocycles. The van der Waals surface area contributed by atoms with E-state index in [-0.39, 0.29) is 23.0 Å². The highest BCUT2D eigenvalue weighted by Gasteiger charge is 2.18. The molecule has 0 bridgehead atoms. The molecular formula is C18H20Br2O4. The molecule has 0 aliphatic heterocycles. The fourth-order valence-electron chi connectivity index (χ4n) is 2.60. The van der Waals surface area contributed by atoms with E-state index in [9.17, 15) is 20.4 Å². The molecule has 24 heavy (non-hydrogen) atoms. The van der Waals surface area contributed by atoms with Gasteiger partial charge in [0.15, 0.2) is 23.0 Å². The zero-order chi connectivity index (χ0) is 18.0. The van der Waals surface area contributed by atoms with Crippen molar-refractivity contribution in [1.29, 1.82) is 0 Å². The molecule has 2 rings (SSSR count). The first-order valence-corrected chi connectivity index (χ1v) is 9.18. The van der Waals surface area contributed by atoms with E-state index in [1.165, 1.54) is 12.1 Å². The van der Waals surface area contributed by atoms with Crippen molar-refractivity contribution in [2.24, 2.45) is 11.8 Å². The van der Waals surface area contributed by atoms with E-state index in [4.69, 9.17) is 0 Å². The first kappa shape index (κ1) is 18.9. The predicted octanol–water partition coefficient (Wildman–Crippen LogP) is 5.09. The van der Waals surface area contributed by atoms with Crippen LogP contribution in [-0.2, 0) is 12.8 Å². The number of hydrogen-bond donors (Lipinski definition) is 4. The Bertz CT molecular complexity index is 683. The summed E-state index contributed by atoms with van der Waals surface area (Å²) in [5.41, 5.74) is 1.86. The molecule has 0 fully saturated rings. The summed E-state index contributed by atoms with van der Waals surface area (Å²) in [6, 6.07) is 6.14. The van der Waals surface area contributed by atoms with Crippen LogP contribution >= 0.6 is 31.9 Å². The fourth-order valence-corrected chi connectivity index (χ4v) is 3.58. The van der Waals surface area contributed by atoms with Crippen molar-refractivity contribution in [3.05, 3.63) is 44.3 Å². The number of hydrogen-bond acceptors (Lipinski definition) is 4. The van der Waals surface area contributed by atoms with Gasteiger partial charge in [0.2, 0.25) is 0 Å². The molecule has 130 valence electrons. The van der Waals surface area contributed by atoms with E-state index in [2.05, 4.69) is 45.7 Å². The normalized spacial score (nSPS) is 13.7. The highest BCUT2D eigenvalue weighted by Crippen LogP contribution is 2.36. The largest absolute Gasteiger partial charge is 0.504 e. The van der Waals surface area contributed by atoms with Gasteiger partial charge in [-0.05, 0) is 60.1 Å². The monoisotopic (exact) mass is 458 g/mol. The lowest BCUT2D eigenvalue weighted by molar-refractivity contribution is 0.376. The number of phenolic OH excluding ortho intramolecular Hbond substituents is 4. The summed E-state index contributed by atoms with van der Waals surface area (Å²) >= 11 is 6.83. The Morgan fingerprint density at radius 2 is 0.958 bits per heavy atom. The lowest BCUT2D eigenvalue weighted by atomic mass is 9.85. The van der Waals surface area contributed by atoms with Crippen LogP contribution in [-0.4, -0.2) is 20.4 Å². The van der Waals surface area contributed by atoms with Gasteiger partial charge in [0.1, 0.15) is 0 Å². The lowest BCUT2D eigenvalue weighted by Crippen LogP contribution is -2.14. The summed E-state index contributed by atoms with van der Waals surface area (Å²) in [5.74, 6) is 0.0596. The molecule has 0 aliphatic rings. The Hall–Kier alpha value is -1.40. The number of aromatic hydroxyl groups is 4. The Morgan fingerprint density at radius 1 is 0.667 bits per heavy atom. The zero-order valence-electron chi connectivity index (χ0n) is 13.4. The minimum atomic E-state index is -0.144. The van der Waals surface area contributed by atoms with Gasteiger partial charge in [-0.25, -0.2) is 0 Å². The first-order valence-electron chi connectivity index (χ1n) is 7.59. The van der Waals surface area contributed by atoms with Gasteiger partial charge in [0, 0.05) is 8.95 Å². The van der Waals surface area contributed by atoms with Crippen LogP contribution in [0.25, 0.3) is 0 Å². The number of halogens is 2. The van der Waals surface area contributed by atoms with Gasteiger partial charge in [0.05, 0.1) is 0 Å². The van der Waals surface area contributed by atoms with E-state index < -0.39 is 0 Å². The SMILES string of the molecule is C[C@H](Cc1cc(O)c(O)cc1Br)[C@@H](C)Cc1cc(O)c(O)cc1Br. The van der Waals surface area contributed by atoms with Gasteiger partial charge in [-0.15, -0.1) is 0 Å². The molecule has 0 aliphatic carbocycles. The van der Waals surface area contributed by atoms with Crippen molar-refractivity contribution in [3.8, 4) is 23.0 Å². The Kier molecular flexibility index (Phi) is 6.04. The van der Waals surface area contributed by atoms with Gasteiger partial charge in [-0.2, -0.15) is 0 Å². The average molecular weight is 460 g/mol. The minimum Gasteiger partial charge on any atom is -0.504 e. The molecule has 0 saturated heterocycles. The van der Waals surface area contributed by atoms with Gasteiger partial charge in [-0.3, -0.25) is 0 Å². The average Bonchev–Trinajstić information content (AvgIpc) is 2.50. The van der Waals surface area contributed by atoms with Crippen molar-refractivity contribution in [2.75, 3.05) is 0 Å². The van der Waals surface area contributed by atoms with Gasteiger partial charge < -0.3 is 20.4 Å². The molecule has 6 heteroatoms. The molecule has 0 spiro atoms. The topological polar surface area (TPSA) is 80.9 Å². The Morgan fingerprint density at radius 3 is 1.29 bits per heavy atom. The highest BCUT2D eigenvalue weighted by atomic mass is 79.9. The summed E-state index contributed by atoms with van der Waals surface area (Å²) in [6.07, 6.45) is 1.47. The van der Waals surface area contributed by atoms with E-state index in [1.807, 2.05) is 0 Å². The molecule has 4 nitrogen and oxygen atoms in total. The third-order valence-corrected chi connectivity index (χ3v) is 5.82. The molecule has 4 N–H and O–H groups in total. The molecule has 0 amide bonds. The number of benzene rings is 2. The maximum atomic E-state index is 9.68. The summed E-state index contributed by atoms with van der Waals surface area (Å²) in [5, 5.41) is 38.4. The molecule has 0 aromatic heterocycles. The summed E-state index contributed by atoms with van der Waals surface area (Å²) in [6.45, 7) is 4.24. The molecule has 2 aromatic rings. The van der Waals surface area contributed by atoms with Gasteiger partial charge in [0.25, 0.3) is 0 Å². The van der Waals surface area contributed by atoms with Crippen LogP contribution in [0.4, 0.5) is 0 Å². The van der Waals surface area contributed by atoms with E-state index in [0.29, 0.717) is 11.8 Å². The molecule has 0 heterocycles. The maximum Gasteiger partial charge on any atom is 0.158 e. The highest BCUT2D eigenvalue weighted by molar-refractivity contribution is 9.10. The Labute approximate surface area is 158 Å². The van der Waals surface area contributed by atoms with Crippen molar-refractivity contribution in [2.45, 2.75) is 26.7 Å². The second-order valence-corrected chi connectivity index (χ2v) is 7.94. The van der Waals surface area contributed by atoms with Crippen LogP contribution in [0.15, 0.2) is 33.2 Å². The summed E-state index contributed by atoms with van der Waals surface area (Å²) in [7, 11) is 0. The third kappa shape index (κ3) is 4.36. The molecule has 0 radical (unpaired) electrons. The van der Waals surface area contributed by atoms with Crippen LogP contribution < -0.4 is 0 Å². The second-order valence-electron chi connectivity index (χ2n) is 6.23. The smallest absolute Gasteiger partial charge is 0.158 e. The van der Waals surface area contributed by atoms with Crippen molar-refractivity contribution < 1.29 is 20.4 Å². The van der Waals surface area contributed by atoms with Crippen LogP contribution in [0.3, 0.4) is 0 Å². The minimum absolute atomic E-state index is 0.126. The number of rotatable bonds is 5. The van der Waals surface area contributed by atoms with Crippen molar-refractivity contribution in [1.82, 2.24) is 0 Å². The van der Waals surface area contributed by atoms with Crippen LogP contribution in [0.1, 0.15) is 25.0 Å². The molecule has 0 unspecified atom stereocenters. The van der Waals surface area contributed by atoms with E-state index in [0.717, 1.165) is 32.9 Å². The summed E-state index contributed by atoms with van der Waals surface area (Å²) in [4.78, 5) is 0. The maximum absolute atomic E-state index is 9.68. The van der Waals surface area contributed by atoms with Gasteiger partial charge in [-0.1, -0.05) is 45.7 Å². The van der Waals surface area contributed by atoms with Crippen LogP contribution in [0.2, 0.25) is 0 Å². The standard InChI is InChI=1S/C18H20Br2O4/c1-9(3-11-5-15(21)17(23)7-13(11)19)10(2)4-12-6-16(22)18(24)8-14(12)20/h5-10,21-24H,3-4H2,1-2H3/t9-,10+. The zero-order valence-corrected chi connectivity index (χ0v) is 16.6. The van der Waals surface area contributed by atoms with E-state index >= 15 is 0 Å². The number of phenols is 4. The second kappa shape index (κ2) is 7.66. The van der Waals surface area contributed by atoms with Crippen molar-refractivity contribution >= 4 is 31.9 Å². The summed E-state index contributed by atoms with van der Waals surface area (Å²) < 4.78 is 1.53.